The van der Waals surface area contributed by atoms with E-state index in [2.05, 4.69) is 4.98 Å². The fourth-order valence-electron chi connectivity index (χ4n) is 1.40. The first-order valence-electron chi connectivity index (χ1n) is 5.17. The zero-order chi connectivity index (χ0) is 11.3. The lowest BCUT2D eigenvalue weighted by atomic mass is 10.3. The third kappa shape index (κ3) is 2.79. The summed E-state index contributed by atoms with van der Waals surface area (Å²) in [6.07, 6.45) is 4.16. The third-order valence-electron chi connectivity index (χ3n) is 2.31. The molecule has 0 bridgehead atoms. The summed E-state index contributed by atoms with van der Waals surface area (Å²) in [5.41, 5.74) is 5.39. The minimum absolute atomic E-state index is 0.0589. The molecular weight excluding hydrogens is 192 g/mol. The van der Waals surface area contributed by atoms with Gasteiger partial charge < -0.3 is 15.2 Å². The van der Waals surface area contributed by atoms with Crippen LogP contribution in [-0.2, 0) is 7.05 Å². The van der Waals surface area contributed by atoms with Crippen molar-refractivity contribution in [2.45, 2.75) is 13.3 Å². The minimum Gasteiger partial charge on any atom is -0.352 e. The molecule has 15 heavy (non-hydrogen) atoms. The molecule has 0 atom stereocenters. The van der Waals surface area contributed by atoms with Gasteiger partial charge in [0.05, 0.1) is 0 Å². The van der Waals surface area contributed by atoms with Gasteiger partial charge >= 0.3 is 0 Å². The molecule has 0 aromatic carbocycles. The number of rotatable bonds is 5. The molecule has 2 N–H and O–H groups in total. The van der Waals surface area contributed by atoms with E-state index in [1.54, 1.807) is 19.4 Å². The second-order valence-electron chi connectivity index (χ2n) is 3.39. The van der Waals surface area contributed by atoms with Gasteiger partial charge in [0.15, 0.2) is 5.82 Å². The van der Waals surface area contributed by atoms with E-state index in [4.69, 9.17) is 5.73 Å². The Morgan fingerprint density at radius 2 is 2.33 bits per heavy atom. The summed E-state index contributed by atoms with van der Waals surface area (Å²) in [5.74, 6) is 0.510. The van der Waals surface area contributed by atoms with Gasteiger partial charge in [0.1, 0.15) is 0 Å². The first kappa shape index (κ1) is 11.7. The second kappa shape index (κ2) is 5.50. The van der Waals surface area contributed by atoms with Crippen molar-refractivity contribution in [1.29, 1.82) is 0 Å². The van der Waals surface area contributed by atoms with E-state index < -0.39 is 0 Å². The lowest BCUT2D eigenvalue weighted by Crippen LogP contribution is -2.33. The number of nitrogens with two attached hydrogens (primary N) is 1. The quantitative estimate of drug-likeness (QED) is 0.740. The van der Waals surface area contributed by atoms with Crippen LogP contribution in [0.3, 0.4) is 0 Å². The van der Waals surface area contributed by atoms with E-state index in [1.807, 2.05) is 11.8 Å². The second-order valence-corrected chi connectivity index (χ2v) is 3.39. The molecule has 0 aliphatic heterocycles. The summed E-state index contributed by atoms with van der Waals surface area (Å²) < 4.78 is 1.54. The number of hydrogen-bond acceptors (Lipinski definition) is 4. The van der Waals surface area contributed by atoms with Crippen molar-refractivity contribution in [3.63, 3.8) is 0 Å². The van der Waals surface area contributed by atoms with E-state index in [0.29, 0.717) is 12.4 Å². The third-order valence-corrected chi connectivity index (χ3v) is 2.31. The fraction of sp³-hybridized carbons (Fsp3) is 0.600. The molecule has 0 amide bonds. The van der Waals surface area contributed by atoms with Gasteiger partial charge in [-0.15, -0.1) is 0 Å². The Bertz CT molecular complexity index is 361. The Balaban J connectivity index is 2.91. The maximum atomic E-state index is 11.8. The van der Waals surface area contributed by atoms with Gasteiger partial charge in [0, 0.05) is 32.5 Å². The van der Waals surface area contributed by atoms with Gasteiger partial charge in [-0.2, -0.15) is 0 Å². The average molecular weight is 210 g/mol. The van der Waals surface area contributed by atoms with Crippen molar-refractivity contribution in [3.05, 3.63) is 22.7 Å². The highest BCUT2D eigenvalue weighted by Gasteiger charge is 2.09. The number of aromatic nitrogens is 2. The van der Waals surface area contributed by atoms with Gasteiger partial charge in [-0.1, -0.05) is 0 Å². The zero-order valence-corrected chi connectivity index (χ0v) is 9.31. The number of aryl methyl sites for hydroxylation is 1. The van der Waals surface area contributed by atoms with E-state index in [9.17, 15) is 4.79 Å². The fourth-order valence-corrected chi connectivity index (χ4v) is 1.40. The number of anilines is 1. The Labute approximate surface area is 89.5 Å². The van der Waals surface area contributed by atoms with Crippen LogP contribution in [0.25, 0.3) is 0 Å². The first-order chi connectivity index (χ1) is 7.20. The Kier molecular flexibility index (Phi) is 4.30. The summed E-state index contributed by atoms with van der Waals surface area (Å²) in [7, 11) is 1.73. The summed E-state index contributed by atoms with van der Waals surface area (Å²) >= 11 is 0. The molecule has 1 aromatic rings. The minimum atomic E-state index is -0.0589. The largest absolute Gasteiger partial charge is 0.352 e. The van der Waals surface area contributed by atoms with Crippen molar-refractivity contribution in [2.24, 2.45) is 12.8 Å². The molecule has 1 heterocycles. The maximum Gasteiger partial charge on any atom is 0.293 e. The monoisotopic (exact) mass is 210 g/mol. The summed E-state index contributed by atoms with van der Waals surface area (Å²) in [6, 6.07) is 0. The van der Waals surface area contributed by atoms with Gasteiger partial charge in [0.2, 0.25) is 0 Å². The van der Waals surface area contributed by atoms with Crippen LogP contribution in [0.5, 0.6) is 0 Å². The Hall–Kier alpha value is -1.36. The van der Waals surface area contributed by atoms with Crippen LogP contribution in [0.15, 0.2) is 17.2 Å². The maximum absolute atomic E-state index is 11.8. The van der Waals surface area contributed by atoms with E-state index in [0.717, 1.165) is 19.5 Å². The molecule has 5 heteroatoms. The van der Waals surface area contributed by atoms with Crippen molar-refractivity contribution in [2.75, 3.05) is 24.5 Å². The molecule has 0 saturated heterocycles. The number of nitrogens with zero attached hydrogens (tertiary/aromatic N) is 3. The van der Waals surface area contributed by atoms with Crippen molar-refractivity contribution in [3.8, 4) is 0 Å². The molecule has 0 spiro atoms. The molecule has 1 rings (SSSR count). The number of hydrogen-bond donors (Lipinski definition) is 1. The Morgan fingerprint density at radius 1 is 1.60 bits per heavy atom. The highest BCUT2D eigenvalue weighted by Crippen LogP contribution is 2.02. The van der Waals surface area contributed by atoms with Crippen molar-refractivity contribution >= 4 is 5.82 Å². The van der Waals surface area contributed by atoms with Gasteiger partial charge in [-0.05, 0) is 19.9 Å². The van der Waals surface area contributed by atoms with E-state index >= 15 is 0 Å². The van der Waals surface area contributed by atoms with Crippen LogP contribution in [0.1, 0.15) is 13.3 Å². The molecule has 5 nitrogen and oxygen atoms in total. The van der Waals surface area contributed by atoms with Crippen LogP contribution in [-0.4, -0.2) is 29.2 Å². The van der Waals surface area contributed by atoms with Crippen LogP contribution < -0.4 is 16.2 Å². The Morgan fingerprint density at radius 3 is 2.93 bits per heavy atom. The predicted molar refractivity (Wildman–Crippen MR) is 61.0 cm³/mol. The van der Waals surface area contributed by atoms with Crippen LogP contribution in [0.2, 0.25) is 0 Å². The molecule has 0 aliphatic rings. The highest BCUT2D eigenvalue weighted by molar-refractivity contribution is 5.35. The van der Waals surface area contributed by atoms with Crippen LogP contribution in [0.4, 0.5) is 5.82 Å². The van der Waals surface area contributed by atoms with Crippen molar-refractivity contribution in [1.82, 2.24) is 9.55 Å². The van der Waals surface area contributed by atoms with Gasteiger partial charge in [-0.3, -0.25) is 4.79 Å². The average Bonchev–Trinajstić information content (AvgIpc) is 2.25. The summed E-state index contributed by atoms with van der Waals surface area (Å²) in [4.78, 5) is 17.8. The molecular formula is C10H18N4O. The van der Waals surface area contributed by atoms with E-state index in [-0.39, 0.29) is 5.56 Å². The first-order valence-corrected chi connectivity index (χ1v) is 5.17. The SMILES string of the molecule is CCN(CCCN)c1nccn(C)c1=O. The standard InChI is InChI=1S/C10H18N4O/c1-3-14(7-4-5-11)9-10(15)13(2)8-6-12-9/h6,8H,3-5,7,11H2,1-2H3. The summed E-state index contributed by atoms with van der Waals surface area (Å²) in [6.45, 7) is 4.18. The van der Waals surface area contributed by atoms with Gasteiger partial charge in [0.25, 0.3) is 5.56 Å². The smallest absolute Gasteiger partial charge is 0.293 e. The molecule has 1 aromatic heterocycles. The summed E-state index contributed by atoms with van der Waals surface area (Å²) in [5, 5.41) is 0. The normalized spacial score (nSPS) is 10.3. The predicted octanol–water partition coefficient (Wildman–Crippen LogP) is -0.0446. The lowest BCUT2D eigenvalue weighted by Gasteiger charge is -2.20. The molecule has 0 fully saturated rings. The van der Waals surface area contributed by atoms with Gasteiger partial charge in [-0.25, -0.2) is 4.98 Å². The van der Waals surface area contributed by atoms with Crippen LogP contribution >= 0.6 is 0 Å². The molecule has 0 aliphatic carbocycles. The zero-order valence-electron chi connectivity index (χ0n) is 9.31. The topological polar surface area (TPSA) is 64.2 Å². The molecule has 0 unspecified atom stereocenters. The molecule has 0 radical (unpaired) electrons. The van der Waals surface area contributed by atoms with E-state index in [1.165, 1.54) is 4.57 Å². The highest BCUT2D eigenvalue weighted by atomic mass is 16.1. The lowest BCUT2D eigenvalue weighted by molar-refractivity contribution is 0.725. The van der Waals surface area contributed by atoms with Crippen molar-refractivity contribution < 1.29 is 0 Å². The molecule has 84 valence electrons. The van der Waals surface area contributed by atoms with Crippen LogP contribution in [0, 0.1) is 0 Å². The molecule has 0 saturated carbocycles.